The third-order valence-electron chi connectivity index (χ3n) is 3.43. The predicted octanol–water partition coefficient (Wildman–Crippen LogP) is 0.326. The van der Waals surface area contributed by atoms with Crippen LogP contribution in [0.2, 0.25) is 0 Å². The lowest BCUT2D eigenvalue weighted by molar-refractivity contribution is -0.989. The maximum atomic E-state index is 5.50. The van der Waals surface area contributed by atoms with Crippen molar-refractivity contribution in [1.29, 1.82) is 0 Å². The summed E-state index contributed by atoms with van der Waals surface area (Å²) < 4.78 is 11.6. The molecule has 0 radical (unpaired) electrons. The van der Waals surface area contributed by atoms with Crippen molar-refractivity contribution in [3.05, 3.63) is 35.9 Å². The van der Waals surface area contributed by atoms with Crippen LogP contribution in [-0.2, 0) is 16.0 Å². The Hall–Kier alpha value is -1.81. The van der Waals surface area contributed by atoms with Crippen LogP contribution in [0.1, 0.15) is 33.3 Å². The number of rotatable bonds is 7. The highest BCUT2D eigenvalue weighted by Gasteiger charge is 2.33. The summed E-state index contributed by atoms with van der Waals surface area (Å²) in [5.74, 6) is 5.52. The lowest BCUT2D eigenvalue weighted by atomic mass is 10.1. The van der Waals surface area contributed by atoms with E-state index >= 15 is 0 Å². The molecule has 4 heteroatoms. The predicted molar refractivity (Wildman–Crippen MR) is 84.3 cm³/mol. The number of nitrogens with zero attached hydrogens (tertiary/aromatic N) is 1. The summed E-state index contributed by atoms with van der Waals surface area (Å²) in [6.45, 7) is 9.61. The molecule has 0 amide bonds. The molecule has 0 aliphatic heterocycles. The number of ether oxygens (including phenoxy) is 2. The fraction of sp³-hybridized carbons (Fsp3) is 0.444. The van der Waals surface area contributed by atoms with Crippen LogP contribution < -0.4 is 12.4 Å². The van der Waals surface area contributed by atoms with E-state index in [-0.39, 0.29) is 12.4 Å². The number of hydrogen-bond donors (Lipinski definition) is 0. The maximum absolute atomic E-state index is 5.50. The van der Waals surface area contributed by atoms with Gasteiger partial charge in [0.1, 0.15) is 18.8 Å². The highest BCUT2D eigenvalue weighted by molar-refractivity contribution is 5.13. The van der Waals surface area contributed by atoms with E-state index in [1.54, 1.807) is 13.8 Å². The fourth-order valence-corrected chi connectivity index (χ4v) is 2.02. The van der Waals surface area contributed by atoms with Crippen LogP contribution in [-0.4, -0.2) is 24.0 Å². The Kier molecular flexibility index (Phi) is 9.96. The summed E-state index contributed by atoms with van der Waals surface area (Å²) in [7, 11) is 0. The quantitative estimate of drug-likeness (QED) is 0.409. The minimum atomic E-state index is 0. The van der Waals surface area contributed by atoms with Gasteiger partial charge in [0, 0.05) is 19.4 Å². The van der Waals surface area contributed by atoms with E-state index < -0.39 is 0 Å². The van der Waals surface area contributed by atoms with E-state index in [0.717, 1.165) is 6.54 Å². The monoisotopic (exact) mass is 321 g/mol. The second kappa shape index (κ2) is 10.9. The second-order valence-corrected chi connectivity index (χ2v) is 5.21. The highest BCUT2D eigenvalue weighted by Crippen LogP contribution is 2.20. The van der Waals surface area contributed by atoms with Gasteiger partial charge >= 0.3 is 0 Å². The molecule has 0 aromatic heterocycles. The molecule has 0 aliphatic carbocycles. The Bertz CT molecular complexity index is 511. The molecule has 3 nitrogen and oxygen atoms in total. The van der Waals surface area contributed by atoms with Crippen molar-refractivity contribution in [2.45, 2.75) is 40.3 Å². The summed E-state index contributed by atoms with van der Waals surface area (Å²) in [5, 5.41) is 0. The van der Waals surface area contributed by atoms with Crippen molar-refractivity contribution in [3.8, 4) is 24.1 Å². The van der Waals surface area contributed by atoms with Gasteiger partial charge in [-0.15, -0.1) is 0 Å². The van der Waals surface area contributed by atoms with Crippen LogP contribution >= 0.6 is 0 Å². The third-order valence-corrected chi connectivity index (χ3v) is 3.43. The van der Waals surface area contributed by atoms with Crippen molar-refractivity contribution < 1.29 is 26.4 Å². The van der Waals surface area contributed by atoms with Crippen LogP contribution in [0, 0.1) is 24.1 Å². The molecule has 0 N–H and O–H groups in total. The first kappa shape index (κ1) is 20.2. The third kappa shape index (κ3) is 6.31. The van der Waals surface area contributed by atoms with Crippen molar-refractivity contribution in [2.24, 2.45) is 0 Å². The van der Waals surface area contributed by atoms with E-state index in [2.05, 4.69) is 50.0 Å². The average Bonchev–Trinajstić information content (AvgIpc) is 2.48. The second-order valence-electron chi connectivity index (χ2n) is 5.21. The minimum absolute atomic E-state index is 0. The maximum Gasteiger partial charge on any atom is 0.237 e. The zero-order chi connectivity index (χ0) is 15.6. The van der Waals surface area contributed by atoms with E-state index in [1.807, 2.05) is 18.2 Å². The summed E-state index contributed by atoms with van der Waals surface area (Å²) in [6.07, 6.45) is 5.35. The van der Waals surface area contributed by atoms with Gasteiger partial charge in [0.15, 0.2) is 0 Å². The SMILES string of the molecule is CC#COC[N+](COC#CC)(Cc1ccccc1)C(C)C.[Cl-]. The van der Waals surface area contributed by atoms with Crippen LogP contribution in [0.3, 0.4) is 0 Å². The normalized spacial score (nSPS) is 9.68. The van der Waals surface area contributed by atoms with Crippen LogP contribution in [0.4, 0.5) is 0 Å². The summed E-state index contributed by atoms with van der Waals surface area (Å²) >= 11 is 0. The molecule has 0 bridgehead atoms. The Labute approximate surface area is 140 Å². The molecule has 120 valence electrons. The van der Waals surface area contributed by atoms with Crippen molar-refractivity contribution in [3.63, 3.8) is 0 Å². The first-order valence-corrected chi connectivity index (χ1v) is 7.11. The molecule has 0 spiro atoms. The molecular weight excluding hydrogens is 298 g/mol. The number of quaternary nitrogens is 1. The van der Waals surface area contributed by atoms with Crippen molar-refractivity contribution in [2.75, 3.05) is 13.5 Å². The van der Waals surface area contributed by atoms with Gasteiger partial charge in [0.25, 0.3) is 0 Å². The molecule has 0 unspecified atom stereocenters. The minimum Gasteiger partial charge on any atom is -1.00 e. The molecule has 1 aromatic rings. The Morgan fingerprint density at radius 1 is 0.955 bits per heavy atom. The van der Waals surface area contributed by atoms with Crippen molar-refractivity contribution >= 4 is 0 Å². The van der Waals surface area contributed by atoms with Gasteiger partial charge in [0.05, 0.1) is 6.04 Å². The highest BCUT2D eigenvalue weighted by atomic mass is 35.5. The Morgan fingerprint density at radius 3 is 1.86 bits per heavy atom. The van der Waals surface area contributed by atoms with Crippen LogP contribution in [0.5, 0.6) is 0 Å². The Balaban J connectivity index is 0.00000441. The first-order valence-electron chi connectivity index (χ1n) is 7.11. The zero-order valence-corrected chi connectivity index (χ0v) is 14.5. The molecule has 0 saturated heterocycles. The summed E-state index contributed by atoms with van der Waals surface area (Å²) in [6, 6.07) is 10.7. The van der Waals surface area contributed by atoms with E-state index in [1.165, 1.54) is 5.56 Å². The van der Waals surface area contributed by atoms with Gasteiger partial charge in [-0.25, -0.2) is 0 Å². The zero-order valence-electron chi connectivity index (χ0n) is 13.7. The van der Waals surface area contributed by atoms with Crippen molar-refractivity contribution in [1.82, 2.24) is 0 Å². The standard InChI is InChI=1S/C18H24NO2.ClH/c1-5-12-20-15-19(17(3)4,16-21-13-6-2)14-18-10-8-7-9-11-18;/h7-11,17H,14-16H2,1-4H3;1H/q+1;/p-1. The van der Waals surface area contributed by atoms with Gasteiger partial charge in [-0.05, 0) is 13.8 Å². The lowest BCUT2D eigenvalue weighted by Crippen LogP contribution is -3.00. The molecule has 0 atom stereocenters. The van der Waals surface area contributed by atoms with Gasteiger partial charge in [-0.1, -0.05) is 42.2 Å². The molecule has 22 heavy (non-hydrogen) atoms. The van der Waals surface area contributed by atoms with E-state index in [0.29, 0.717) is 24.0 Å². The molecule has 0 fully saturated rings. The number of benzene rings is 1. The van der Waals surface area contributed by atoms with Crippen LogP contribution in [0.25, 0.3) is 0 Å². The number of hydrogen-bond acceptors (Lipinski definition) is 2. The summed E-state index contributed by atoms with van der Waals surface area (Å²) in [5.41, 5.74) is 1.24. The van der Waals surface area contributed by atoms with Gasteiger partial charge < -0.3 is 21.9 Å². The molecule has 1 aromatic carbocycles. The topological polar surface area (TPSA) is 18.5 Å². The largest absolute Gasteiger partial charge is 1.00 e. The summed E-state index contributed by atoms with van der Waals surface area (Å²) in [4.78, 5) is 0. The fourth-order valence-electron chi connectivity index (χ4n) is 2.02. The lowest BCUT2D eigenvalue weighted by Gasteiger charge is -2.39. The molecule has 1 rings (SSSR count). The average molecular weight is 322 g/mol. The van der Waals surface area contributed by atoms with Gasteiger partial charge in [-0.2, -0.15) is 0 Å². The van der Waals surface area contributed by atoms with Crippen LogP contribution in [0.15, 0.2) is 30.3 Å². The molecule has 0 saturated carbocycles. The molecular formula is C18H24ClNO2. The van der Waals surface area contributed by atoms with E-state index in [9.17, 15) is 0 Å². The first-order chi connectivity index (χ1) is 10.1. The molecule has 0 aliphatic rings. The smallest absolute Gasteiger partial charge is 0.237 e. The van der Waals surface area contributed by atoms with Gasteiger partial charge in [0.2, 0.25) is 13.5 Å². The Morgan fingerprint density at radius 2 is 1.45 bits per heavy atom. The van der Waals surface area contributed by atoms with Gasteiger partial charge in [-0.3, -0.25) is 4.48 Å². The number of halogens is 1. The van der Waals surface area contributed by atoms with E-state index in [4.69, 9.17) is 9.47 Å². The molecule has 0 heterocycles.